The monoisotopic (exact) mass is 754 g/mol. The van der Waals surface area contributed by atoms with Crippen LogP contribution in [-0.2, 0) is 43.9 Å². The summed E-state index contributed by atoms with van der Waals surface area (Å²) in [6.45, 7) is -5.16. The van der Waals surface area contributed by atoms with E-state index in [2.05, 4.69) is 41.7 Å². The first-order chi connectivity index (χ1) is 22.2. The molecule has 8 atom stereocenters. The quantitative estimate of drug-likeness (QED) is 0.0761. The van der Waals surface area contributed by atoms with Crippen molar-refractivity contribution >= 4 is 85.0 Å². The van der Waals surface area contributed by atoms with Crippen LogP contribution in [0.25, 0.3) is 22.3 Å². The van der Waals surface area contributed by atoms with E-state index >= 15 is 0 Å². The topological polar surface area (TPSA) is 298 Å². The van der Waals surface area contributed by atoms with E-state index in [-0.39, 0.29) is 44.4 Å². The Kier molecular flexibility index (Phi) is 9.65. The van der Waals surface area contributed by atoms with Crippen molar-refractivity contribution in [1.29, 1.82) is 0 Å². The average molecular weight is 755 g/mol. The number of aliphatic hydroxyl groups excluding tert-OH is 2. The number of H-pyrrole nitrogens is 2. The molecule has 2 aliphatic rings. The summed E-state index contributed by atoms with van der Waals surface area (Å²) in [5.41, 5.74) is 12.7. The third-order valence-electron chi connectivity index (χ3n) is 7.30. The van der Waals surface area contributed by atoms with Gasteiger partial charge in [0, 0.05) is 13.5 Å². The number of phosphoric acid groups is 1. The second-order valence-corrected chi connectivity index (χ2v) is 15.5. The predicted molar refractivity (Wildman–Crippen MR) is 169 cm³/mol. The number of hydrogen-bond donors (Lipinski definition) is 8. The van der Waals surface area contributed by atoms with Crippen LogP contribution >= 0.6 is 39.0 Å². The van der Waals surface area contributed by atoms with Crippen LogP contribution in [0.3, 0.4) is 0 Å². The largest absolute Gasteiger partial charge is 0.474 e. The van der Waals surface area contributed by atoms with E-state index in [1.165, 1.54) is 21.8 Å². The molecule has 0 radical (unpaired) electrons. The van der Waals surface area contributed by atoms with Crippen molar-refractivity contribution in [3.05, 3.63) is 21.9 Å². The van der Waals surface area contributed by atoms with Gasteiger partial charge in [-0.1, -0.05) is 24.4 Å². The van der Waals surface area contributed by atoms with Crippen LogP contribution in [0.1, 0.15) is 18.9 Å². The molecule has 6 heterocycles. The molecular weight excluding hydrogens is 726 g/mol. The molecule has 21 nitrogen and oxygen atoms in total. The number of imidazole rings is 2. The molecule has 0 bridgehead atoms. The second-order valence-electron chi connectivity index (χ2n) is 10.3. The second kappa shape index (κ2) is 13.2. The normalized spacial score (nSPS) is 28.0. The molecule has 2 fully saturated rings. The first-order valence-corrected chi connectivity index (χ1v) is 18.4. The fraction of sp³-hybridized carbons (Fsp3) is 0.524. The molecule has 2 aliphatic heterocycles. The molecule has 0 spiro atoms. The molecule has 4 unspecified atom stereocenters. The van der Waals surface area contributed by atoms with Crippen LogP contribution in [0.2, 0.25) is 0 Å². The van der Waals surface area contributed by atoms with E-state index in [1.807, 2.05) is 0 Å². The van der Waals surface area contributed by atoms with Crippen molar-refractivity contribution in [3.63, 3.8) is 0 Å². The number of nitrogen functional groups attached to an aromatic ring is 2. The Morgan fingerprint density at radius 3 is 2.13 bits per heavy atom. The number of nitrogens with one attached hydrogen (secondary N) is 2. The van der Waals surface area contributed by atoms with Crippen LogP contribution in [-0.4, -0.2) is 110 Å². The number of fused-ring (bicyclic) bond motifs is 2. The number of ether oxygens (including phenoxy) is 2. The van der Waals surface area contributed by atoms with Gasteiger partial charge in [0.25, 0.3) is 0 Å². The molecule has 4 aromatic rings. The van der Waals surface area contributed by atoms with E-state index < -0.39 is 70.7 Å². The summed E-state index contributed by atoms with van der Waals surface area (Å²) >= 11 is 15.0. The fourth-order valence-corrected chi connectivity index (χ4v) is 7.30. The van der Waals surface area contributed by atoms with Crippen molar-refractivity contribution in [2.24, 2.45) is 0 Å². The maximum atomic E-state index is 13.7. The summed E-state index contributed by atoms with van der Waals surface area (Å²) in [6.07, 6.45) is -5.77. The molecule has 0 aromatic carbocycles. The molecule has 256 valence electrons. The lowest BCUT2D eigenvalue weighted by molar-refractivity contribution is -0.0587. The molecular formula is C21H28N10O11P2S3. The fourth-order valence-electron chi connectivity index (χ4n) is 5.14. The molecule has 6 rings (SSSR count). The molecule has 2 saturated heterocycles. The van der Waals surface area contributed by atoms with E-state index in [4.69, 9.17) is 63.5 Å². The number of phosphoric ester groups is 1. The number of nitrogens with two attached hydrogens (primary N) is 2. The first kappa shape index (κ1) is 34.5. The summed E-state index contributed by atoms with van der Waals surface area (Å²) in [5.74, 6) is 0.0306. The third kappa shape index (κ3) is 7.04. The molecule has 47 heavy (non-hydrogen) atoms. The number of nitrogens with zero attached hydrogens (tertiary/aromatic N) is 6. The van der Waals surface area contributed by atoms with Crippen molar-refractivity contribution in [1.82, 2.24) is 39.0 Å². The average Bonchev–Trinajstić information content (AvgIpc) is 3.76. The molecule has 0 amide bonds. The number of aromatic nitrogens is 8. The van der Waals surface area contributed by atoms with Gasteiger partial charge in [0.05, 0.1) is 25.9 Å². The SMILES string of the molecule is COP(=O)(OC[C@H]1O[C@@H](n2cnc3c(=S)[nH]c(N)nc32)C(O)C1O)OC1C[C@H](n2cnc3c(=S)[nH]c(N)nc32)O[C@@H]1COP(O)(O)=S. The van der Waals surface area contributed by atoms with Crippen LogP contribution < -0.4 is 11.5 Å². The van der Waals surface area contributed by atoms with Gasteiger partial charge in [0.15, 0.2) is 17.5 Å². The van der Waals surface area contributed by atoms with Gasteiger partial charge in [0.1, 0.15) is 57.1 Å². The van der Waals surface area contributed by atoms with Gasteiger partial charge in [-0.2, -0.15) is 9.97 Å². The molecule has 26 heteroatoms. The smallest absolute Gasteiger partial charge is 0.387 e. The maximum absolute atomic E-state index is 13.7. The van der Waals surface area contributed by atoms with Crippen LogP contribution in [0.15, 0.2) is 12.7 Å². The minimum Gasteiger partial charge on any atom is -0.387 e. The zero-order valence-corrected chi connectivity index (χ0v) is 28.2. The highest BCUT2D eigenvalue weighted by molar-refractivity contribution is 8.06. The van der Waals surface area contributed by atoms with Crippen LogP contribution in [0.5, 0.6) is 0 Å². The number of rotatable bonds is 11. The van der Waals surface area contributed by atoms with Crippen molar-refractivity contribution in [2.75, 3.05) is 31.8 Å². The Hall–Kier alpha value is -2.38. The molecule has 0 aliphatic carbocycles. The van der Waals surface area contributed by atoms with E-state index in [0.29, 0.717) is 5.52 Å². The van der Waals surface area contributed by atoms with Gasteiger partial charge in [-0.05, 0) is 11.8 Å². The minimum absolute atomic E-state index is 0.000636. The highest BCUT2D eigenvalue weighted by Gasteiger charge is 2.47. The van der Waals surface area contributed by atoms with Crippen LogP contribution in [0.4, 0.5) is 11.9 Å². The highest BCUT2D eigenvalue weighted by atomic mass is 32.5. The van der Waals surface area contributed by atoms with Gasteiger partial charge in [0.2, 0.25) is 11.9 Å². The van der Waals surface area contributed by atoms with Crippen molar-refractivity contribution < 1.29 is 52.1 Å². The van der Waals surface area contributed by atoms with Gasteiger partial charge in [-0.3, -0.25) is 22.7 Å². The number of anilines is 2. The van der Waals surface area contributed by atoms with Gasteiger partial charge < -0.3 is 55.4 Å². The zero-order chi connectivity index (χ0) is 33.8. The number of aromatic amines is 2. The van der Waals surface area contributed by atoms with Gasteiger partial charge in [-0.25, -0.2) is 14.5 Å². The summed E-state index contributed by atoms with van der Waals surface area (Å²) < 4.78 is 50.3. The highest BCUT2D eigenvalue weighted by Crippen LogP contribution is 2.53. The Bertz CT molecular complexity index is 2020. The molecule has 4 aromatic heterocycles. The Morgan fingerprint density at radius 2 is 1.53 bits per heavy atom. The standard InChI is InChI=1S/C21H28N10O11P2S3/c1-37-44(36,39-4-9-13(32)14(33)19(41-9)31-6-25-12-16(31)27-21(23)29-18(12)46)42-7-2-10(40-8(7)3-38-43(34,35)47)30-5-24-11-15(30)26-20(22)28-17(11)45/h5-10,13-14,19,32-33H,2-4H2,1H3,(H2,34,35,47)(H3,22,26,28,45)(H3,23,27,29,46)/t7?,8-,9-,10-,13?,14?,19-,44?/m1/s1. The molecule has 0 saturated carbocycles. The minimum atomic E-state index is -4.45. The lowest BCUT2D eigenvalue weighted by Gasteiger charge is -2.24. The number of aliphatic hydroxyl groups is 2. The molecule has 10 N–H and O–H groups in total. The zero-order valence-electron chi connectivity index (χ0n) is 23.9. The van der Waals surface area contributed by atoms with Crippen molar-refractivity contribution in [3.8, 4) is 0 Å². The summed E-state index contributed by atoms with van der Waals surface area (Å²) in [7, 11) is -3.38. The summed E-state index contributed by atoms with van der Waals surface area (Å²) in [6, 6.07) is 0. The van der Waals surface area contributed by atoms with Crippen LogP contribution in [0, 0.1) is 9.28 Å². The first-order valence-electron chi connectivity index (χ1n) is 13.5. The lowest BCUT2D eigenvalue weighted by Crippen LogP contribution is -2.34. The summed E-state index contributed by atoms with van der Waals surface area (Å²) in [5, 5.41) is 21.6. The van der Waals surface area contributed by atoms with Gasteiger partial charge >= 0.3 is 14.5 Å². The third-order valence-corrected chi connectivity index (χ3v) is 10.1. The Labute approximate surface area is 278 Å². The van der Waals surface area contributed by atoms with Gasteiger partial charge in [-0.15, -0.1) is 0 Å². The summed E-state index contributed by atoms with van der Waals surface area (Å²) in [4.78, 5) is 41.5. The Balaban J connectivity index is 1.18. The maximum Gasteiger partial charge on any atom is 0.474 e. The lowest BCUT2D eigenvalue weighted by atomic mass is 10.1. The Morgan fingerprint density at radius 1 is 0.957 bits per heavy atom. The van der Waals surface area contributed by atoms with Crippen molar-refractivity contribution in [2.45, 2.75) is 49.4 Å². The number of hydrogen-bond acceptors (Lipinski definition) is 18. The predicted octanol–water partition coefficient (Wildman–Crippen LogP) is 0.444. The van der Waals surface area contributed by atoms with E-state index in [1.54, 1.807) is 0 Å². The van der Waals surface area contributed by atoms with E-state index in [9.17, 15) is 24.6 Å². The van der Waals surface area contributed by atoms with E-state index in [0.717, 1.165) is 7.11 Å².